The van der Waals surface area contributed by atoms with E-state index in [-0.39, 0.29) is 48.1 Å². The molecule has 1 unspecified atom stereocenters. The van der Waals surface area contributed by atoms with Gasteiger partial charge in [0.15, 0.2) is 9.84 Å². The van der Waals surface area contributed by atoms with Crippen molar-refractivity contribution in [3.63, 3.8) is 0 Å². The molecule has 0 aliphatic heterocycles. The van der Waals surface area contributed by atoms with Gasteiger partial charge in [-0.05, 0) is 25.1 Å². The number of carbonyl (C=O) groups excluding carboxylic acids is 2. The van der Waals surface area contributed by atoms with Crippen LogP contribution in [0.3, 0.4) is 0 Å². The number of hydrogen-bond donors (Lipinski definition) is 2. The molecule has 0 fully saturated rings. The molecule has 142 valence electrons. The van der Waals surface area contributed by atoms with Gasteiger partial charge in [-0.1, -0.05) is 0 Å². The van der Waals surface area contributed by atoms with Gasteiger partial charge in [0, 0.05) is 25.6 Å². The Balaban J connectivity index is 0.00000576. The summed E-state index contributed by atoms with van der Waals surface area (Å²) in [5, 5.41) is 2.54. The number of hydrogen-bond acceptors (Lipinski definition) is 7. The minimum absolute atomic E-state index is 0. The Morgan fingerprint density at radius 3 is 2.40 bits per heavy atom. The largest absolute Gasteiger partial charge is 0.462 e. The van der Waals surface area contributed by atoms with Gasteiger partial charge in [-0.2, -0.15) is 0 Å². The SMILES string of the molecule is CCOC(=O)c1cc(NC(=O)CC(CN)OC)cc(S(C)(=O)=O)c1.Cl. The Labute approximate surface area is 153 Å². The van der Waals surface area contributed by atoms with Crippen molar-refractivity contribution in [2.75, 3.05) is 31.8 Å². The van der Waals surface area contributed by atoms with Gasteiger partial charge < -0.3 is 20.5 Å². The van der Waals surface area contributed by atoms with Crippen molar-refractivity contribution in [1.29, 1.82) is 0 Å². The van der Waals surface area contributed by atoms with Gasteiger partial charge in [-0.15, -0.1) is 12.4 Å². The summed E-state index contributed by atoms with van der Waals surface area (Å²) in [6.45, 7) is 1.95. The molecule has 3 N–H and O–H groups in total. The summed E-state index contributed by atoms with van der Waals surface area (Å²) in [6, 6.07) is 3.84. The van der Waals surface area contributed by atoms with E-state index in [2.05, 4.69) is 5.32 Å². The number of sulfone groups is 1. The first kappa shape index (κ1) is 23.3. The first-order valence-corrected chi connectivity index (χ1v) is 9.15. The maximum Gasteiger partial charge on any atom is 0.338 e. The number of nitrogens with two attached hydrogens (primary N) is 1. The smallest absolute Gasteiger partial charge is 0.338 e. The molecule has 1 rings (SSSR count). The van der Waals surface area contributed by atoms with Crippen molar-refractivity contribution in [1.82, 2.24) is 0 Å². The highest BCUT2D eigenvalue weighted by molar-refractivity contribution is 7.90. The third kappa shape index (κ3) is 7.39. The molecule has 8 nitrogen and oxygen atoms in total. The van der Waals surface area contributed by atoms with Crippen LogP contribution < -0.4 is 11.1 Å². The van der Waals surface area contributed by atoms with Gasteiger partial charge in [-0.3, -0.25) is 4.79 Å². The lowest BCUT2D eigenvalue weighted by Crippen LogP contribution is -2.28. The number of rotatable bonds is 8. The summed E-state index contributed by atoms with van der Waals surface area (Å²) in [4.78, 5) is 23.8. The highest BCUT2D eigenvalue weighted by atomic mass is 35.5. The fraction of sp³-hybridized carbons (Fsp3) is 0.467. The molecule has 1 aromatic carbocycles. The van der Waals surface area contributed by atoms with E-state index in [4.69, 9.17) is 15.2 Å². The number of ether oxygens (including phenoxy) is 2. The third-order valence-electron chi connectivity index (χ3n) is 3.14. The van der Waals surface area contributed by atoms with Gasteiger partial charge in [0.05, 0.1) is 29.6 Å². The van der Waals surface area contributed by atoms with Crippen LogP contribution in [0.2, 0.25) is 0 Å². The molecular formula is C15H23ClN2O6S. The Morgan fingerprint density at radius 1 is 1.28 bits per heavy atom. The maximum absolute atomic E-state index is 12.0. The molecular weight excluding hydrogens is 372 g/mol. The number of carbonyl (C=O) groups is 2. The number of benzene rings is 1. The van der Waals surface area contributed by atoms with Crippen molar-refractivity contribution in [2.24, 2.45) is 5.73 Å². The molecule has 1 atom stereocenters. The van der Waals surface area contributed by atoms with Crippen LogP contribution in [-0.2, 0) is 24.1 Å². The number of anilines is 1. The number of esters is 1. The fourth-order valence-corrected chi connectivity index (χ4v) is 2.58. The first-order valence-electron chi connectivity index (χ1n) is 7.26. The summed E-state index contributed by atoms with van der Waals surface area (Å²) < 4.78 is 33.4. The van der Waals surface area contributed by atoms with Crippen molar-refractivity contribution in [3.8, 4) is 0 Å². The van der Waals surface area contributed by atoms with Crippen LogP contribution >= 0.6 is 12.4 Å². The van der Waals surface area contributed by atoms with Gasteiger partial charge in [0.1, 0.15) is 0 Å². The van der Waals surface area contributed by atoms with E-state index in [0.717, 1.165) is 6.26 Å². The minimum atomic E-state index is -3.57. The van der Waals surface area contributed by atoms with Crippen molar-refractivity contribution in [2.45, 2.75) is 24.3 Å². The molecule has 0 spiro atoms. The van der Waals surface area contributed by atoms with Gasteiger partial charge in [0.2, 0.25) is 5.91 Å². The molecule has 0 radical (unpaired) electrons. The minimum Gasteiger partial charge on any atom is -0.462 e. The number of nitrogens with one attached hydrogen (secondary N) is 1. The molecule has 10 heteroatoms. The zero-order valence-electron chi connectivity index (χ0n) is 14.3. The lowest BCUT2D eigenvalue weighted by Gasteiger charge is -2.14. The molecule has 0 aromatic heterocycles. The van der Waals surface area contributed by atoms with Crippen molar-refractivity contribution >= 4 is 39.8 Å². The Morgan fingerprint density at radius 2 is 1.92 bits per heavy atom. The van der Waals surface area contributed by atoms with E-state index in [1.807, 2.05) is 0 Å². The lowest BCUT2D eigenvalue weighted by atomic mass is 10.2. The van der Waals surface area contributed by atoms with Gasteiger partial charge in [-0.25, -0.2) is 13.2 Å². The summed E-state index contributed by atoms with van der Waals surface area (Å²) in [5.74, 6) is -1.08. The lowest BCUT2D eigenvalue weighted by molar-refractivity contribution is -0.118. The fourth-order valence-electron chi connectivity index (χ4n) is 1.90. The second kappa shape index (κ2) is 10.3. The predicted octanol–water partition coefficient (Wildman–Crippen LogP) is 0.991. The quantitative estimate of drug-likeness (QED) is 0.630. The normalized spacial score (nSPS) is 12.0. The molecule has 0 aliphatic rings. The third-order valence-corrected chi connectivity index (χ3v) is 4.23. The maximum atomic E-state index is 12.0. The second-order valence-electron chi connectivity index (χ2n) is 5.08. The van der Waals surface area contributed by atoms with E-state index in [0.29, 0.717) is 0 Å². The van der Waals surface area contributed by atoms with Gasteiger partial charge >= 0.3 is 5.97 Å². The summed E-state index contributed by atoms with van der Waals surface area (Å²) >= 11 is 0. The summed E-state index contributed by atoms with van der Waals surface area (Å²) in [6.07, 6.45) is 0.566. The van der Waals surface area contributed by atoms with Crippen LogP contribution in [0.5, 0.6) is 0 Å². The van der Waals surface area contributed by atoms with Crippen molar-refractivity contribution in [3.05, 3.63) is 23.8 Å². The standard InChI is InChI=1S/C15H22N2O6S.ClH/c1-4-23-15(19)10-5-11(7-13(6-10)24(3,20)21)17-14(18)8-12(9-16)22-2;/h5-7,12H,4,8-9,16H2,1-3H3,(H,17,18);1H. The number of halogens is 1. The Hall–Kier alpha value is -1.68. The molecule has 1 amide bonds. The molecule has 1 aromatic rings. The monoisotopic (exact) mass is 394 g/mol. The van der Waals surface area contributed by atoms with Crippen LogP contribution in [0.25, 0.3) is 0 Å². The average molecular weight is 395 g/mol. The second-order valence-corrected chi connectivity index (χ2v) is 7.10. The summed E-state index contributed by atoms with van der Waals surface area (Å²) in [7, 11) is -2.13. The molecule has 0 saturated heterocycles. The van der Waals surface area contributed by atoms with E-state index < -0.39 is 27.8 Å². The Kier molecular flexibility index (Phi) is 9.65. The Bertz CT molecular complexity index is 704. The van der Waals surface area contributed by atoms with E-state index in [1.165, 1.54) is 25.3 Å². The molecule has 0 saturated carbocycles. The molecule has 25 heavy (non-hydrogen) atoms. The van der Waals surface area contributed by atoms with Crippen molar-refractivity contribution < 1.29 is 27.5 Å². The van der Waals surface area contributed by atoms with Gasteiger partial charge in [0.25, 0.3) is 0 Å². The number of amides is 1. The summed E-state index contributed by atoms with van der Waals surface area (Å²) in [5.41, 5.74) is 5.68. The van der Waals surface area contributed by atoms with Crippen LogP contribution in [0.1, 0.15) is 23.7 Å². The molecule has 0 aliphatic carbocycles. The topological polar surface area (TPSA) is 125 Å². The van der Waals surface area contributed by atoms with E-state index in [1.54, 1.807) is 6.92 Å². The predicted molar refractivity (Wildman–Crippen MR) is 95.9 cm³/mol. The number of methoxy groups -OCH3 is 1. The molecule has 0 heterocycles. The highest BCUT2D eigenvalue weighted by Crippen LogP contribution is 2.20. The van der Waals surface area contributed by atoms with Crippen LogP contribution in [0, 0.1) is 0 Å². The van der Waals surface area contributed by atoms with Crippen LogP contribution in [0.15, 0.2) is 23.1 Å². The van der Waals surface area contributed by atoms with E-state index in [9.17, 15) is 18.0 Å². The zero-order chi connectivity index (χ0) is 18.3. The highest BCUT2D eigenvalue weighted by Gasteiger charge is 2.17. The van der Waals surface area contributed by atoms with Crippen LogP contribution in [-0.4, -0.2) is 52.9 Å². The van der Waals surface area contributed by atoms with E-state index >= 15 is 0 Å². The molecule has 0 bridgehead atoms. The zero-order valence-corrected chi connectivity index (χ0v) is 15.9. The first-order chi connectivity index (χ1) is 11.2. The average Bonchev–Trinajstić information content (AvgIpc) is 2.51. The van der Waals surface area contributed by atoms with Crippen LogP contribution in [0.4, 0.5) is 5.69 Å².